The lowest BCUT2D eigenvalue weighted by Gasteiger charge is -2.37. The highest BCUT2D eigenvalue weighted by atomic mass is 16.6. The lowest BCUT2D eigenvalue weighted by molar-refractivity contribution is -0.133. The molecule has 1 fully saturated rings. The molecule has 1 saturated heterocycles. The summed E-state index contributed by atoms with van der Waals surface area (Å²) < 4.78 is 5.06. The van der Waals surface area contributed by atoms with Gasteiger partial charge < -0.3 is 10.1 Å². The fourth-order valence-electron chi connectivity index (χ4n) is 3.05. The number of nitrogens with one attached hydrogen (secondary N) is 1. The number of ether oxygens (including phenoxy) is 1. The smallest absolute Gasteiger partial charge is 0.417 e. The maximum Gasteiger partial charge on any atom is 0.417 e. The van der Waals surface area contributed by atoms with Crippen molar-refractivity contribution in [3.05, 3.63) is 35.9 Å². The lowest BCUT2D eigenvalue weighted by Crippen LogP contribution is -2.59. The number of imide groups is 1. The van der Waals surface area contributed by atoms with Crippen molar-refractivity contribution in [3.63, 3.8) is 0 Å². The van der Waals surface area contributed by atoms with Gasteiger partial charge in [-0.05, 0) is 11.5 Å². The van der Waals surface area contributed by atoms with Crippen LogP contribution in [0.5, 0.6) is 0 Å². The van der Waals surface area contributed by atoms with E-state index in [2.05, 4.69) is 5.32 Å². The maximum absolute atomic E-state index is 13.2. The number of carbonyl (C=O) groups is 3. The number of benzene rings is 1. The zero-order valence-corrected chi connectivity index (χ0v) is 15.0. The number of nitrogens with zero attached hydrogens (tertiary/aromatic N) is 1. The molecule has 0 aromatic heterocycles. The van der Waals surface area contributed by atoms with Crippen molar-refractivity contribution in [1.82, 2.24) is 10.2 Å². The number of cyclic esters (lactones) is 1. The van der Waals surface area contributed by atoms with Crippen molar-refractivity contribution >= 4 is 25.7 Å². The molecule has 1 aliphatic rings. The van der Waals surface area contributed by atoms with Gasteiger partial charge in [-0.25, -0.2) is 9.69 Å². The van der Waals surface area contributed by atoms with Gasteiger partial charge in [0.1, 0.15) is 12.6 Å². The first-order valence-corrected chi connectivity index (χ1v) is 8.27. The summed E-state index contributed by atoms with van der Waals surface area (Å²) in [6.45, 7) is 7.62. The number of carbonyl (C=O) groups excluding carboxylic acids is 3. The third-order valence-electron chi connectivity index (χ3n) is 4.69. The molecule has 0 bridgehead atoms. The van der Waals surface area contributed by atoms with E-state index in [1.165, 1.54) is 0 Å². The van der Waals surface area contributed by atoms with Gasteiger partial charge in [-0.3, -0.25) is 9.59 Å². The molecule has 1 heterocycles. The second-order valence-corrected chi connectivity index (χ2v) is 7.13. The molecule has 25 heavy (non-hydrogen) atoms. The molecule has 2 radical (unpaired) electrons. The molecular weight excluding hydrogens is 319 g/mol. The molecule has 0 aliphatic carbocycles. The SMILES string of the molecule is [B]C(=O)N[C@H](C(=O)N1C(=O)OC[C@@H]1C(C)C)C(C)(C)c1ccccc1. The minimum Gasteiger partial charge on any atom is -0.447 e. The molecule has 0 saturated carbocycles. The zero-order valence-electron chi connectivity index (χ0n) is 15.0. The van der Waals surface area contributed by atoms with E-state index < -0.39 is 29.3 Å². The Morgan fingerprint density at radius 1 is 1.28 bits per heavy atom. The van der Waals surface area contributed by atoms with Crippen molar-refractivity contribution in [3.8, 4) is 0 Å². The Kier molecular flexibility index (Phi) is 5.55. The van der Waals surface area contributed by atoms with Crippen molar-refractivity contribution in [2.45, 2.75) is 45.2 Å². The van der Waals surface area contributed by atoms with E-state index in [0.717, 1.165) is 10.5 Å². The van der Waals surface area contributed by atoms with Gasteiger partial charge in [0.05, 0.1) is 6.04 Å². The Morgan fingerprint density at radius 3 is 2.40 bits per heavy atom. The van der Waals surface area contributed by atoms with Gasteiger partial charge >= 0.3 is 6.09 Å². The van der Waals surface area contributed by atoms with E-state index >= 15 is 0 Å². The molecule has 1 aliphatic heterocycles. The summed E-state index contributed by atoms with van der Waals surface area (Å²) in [5.74, 6) is -1.31. The Morgan fingerprint density at radius 2 is 1.88 bits per heavy atom. The zero-order chi connectivity index (χ0) is 18.8. The molecule has 1 aromatic carbocycles. The van der Waals surface area contributed by atoms with Crippen LogP contribution in [0.4, 0.5) is 9.59 Å². The second kappa shape index (κ2) is 7.29. The number of amides is 3. The van der Waals surface area contributed by atoms with Crippen LogP contribution in [0.15, 0.2) is 30.3 Å². The van der Waals surface area contributed by atoms with Crippen LogP contribution in [0.2, 0.25) is 0 Å². The quantitative estimate of drug-likeness (QED) is 0.833. The highest BCUT2D eigenvalue weighted by molar-refractivity contribution is 6.57. The van der Waals surface area contributed by atoms with E-state index in [-0.39, 0.29) is 18.6 Å². The minimum atomic E-state index is -1.00. The van der Waals surface area contributed by atoms with Gasteiger partial charge in [-0.1, -0.05) is 58.0 Å². The summed E-state index contributed by atoms with van der Waals surface area (Å²) in [6, 6.07) is 7.93. The van der Waals surface area contributed by atoms with Gasteiger partial charge in [0.2, 0.25) is 7.85 Å². The highest BCUT2D eigenvalue weighted by Gasteiger charge is 2.47. The topological polar surface area (TPSA) is 75.7 Å². The van der Waals surface area contributed by atoms with Gasteiger partial charge in [0.15, 0.2) is 5.81 Å². The predicted molar refractivity (Wildman–Crippen MR) is 94.4 cm³/mol. The van der Waals surface area contributed by atoms with E-state index in [1.807, 2.05) is 58.0 Å². The molecule has 2 rings (SSSR count). The van der Waals surface area contributed by atoms with E-state index in [9.17, 15) is 14.4 Å². The van der Waals surface area contributed by atoms with Gasteiger partial charge in [-0.2, -0.15) is 0 Å². The van der Waals surface area contributed by atoms with Crippen molar-refractivity contribution < 1.29 is 19.1 Å². The summed E-state index contributed by atoms with van der Waals surface area (Å²) in [7, 11) is 5.30. The first kappa shape index (κ1) is 19.0. The molecule has 3 amide bonds. The predicted octanol–water partition coefficient (Wildman–Crippen LogP) is 2.21. The van der Waals surface area contributed by atoms with Crippen LogP contribution in [0, 0.1) is 5.92 Å². The molecule has 1 aromatic rings. The first-order valence-electron chi connectivity index (χ1n) is 8.27. The minimum absolute atomic E-state index is 0.0319. The largest absolute Gasteiger partial charge is 0.447 e. The maximum atomic E-state index is 13.2. The summed E-state index contributed by atoms with van der Waals surface area (Å²) in [5.41, 5.74) is 0.0633. The number of rotatable bonds is 5. The van der Waals surface area contributed by atoms with Crippen LogP contribution >= 0.6 is 0 Å². The molecule has 0 unspecified atom stereocenters. The molecule has 132 valence electrons. The standard InChI is InChI=1S/C18H23BN2O4/c1-11(2)13-10-25-17(24)21(13)15(22)14(20-16(19)23)18(3,4)12-8-6-5-7-9-12/h5-9,11,13-14H,10H2,1-4H3,(H,20,23)/t13-,14-/m1/s1. The average molecular weight is 342 g/mol. The van der Waals surface area contributed by atoms with Gasteiger partial charge in [0.25, 0.3) is 5.91 Å². The normalized spacial score (nSPS) is 18.8. The van der Waals surface area contributed by atoms with Crippen LogP contribution in [-0.2, 0) is 14.9 Å². The van der Waals surface area contributed by atoms with Crippen molar-refractivity contribution in [2.75, 3.05) is 6.61 Å². The molecule has 0 spiro atoms. The third kappa shape index (κ3) is 3.86. The number of hydrogen-bond donors (Lipinski definition) is 1. The van der Waals surface area contributed by atoms with E-state index in [0.29, 0.717) is 0 Å². The van der Waals surface area contributed by atoms with Crippen molar-refractivity contribution in [2.24, 2.45) is 5.92 Å². The van der Waals surface area contributed by atoms with Gasteiger partial charge in [-0.15, -0.1) is 0 Å². The molecule has 2 atom stereocenters. The van der Waals surface area contributed by atoms with Crippen LogP contribution in [-0.4, -0.2) is 49.2 Å². The van der Waals surface area contributed by atoms with Crippen LogP contribution < -0.4 is 5.32 Å². The Hall–Kier alpha value is -2.31. The molecular formula is C18H23BN2O4. The van der Waals surface area contributed by atoms with E-state index in [1.54, 1.807) is 0 Å². The Bertz CT molecular complexity index is 660. The second-order valence-electron chi connectivity index (χ2n) is 7.13. The molecule has 7 heteroatoms. The first-order chi connectivity index (χ1) is 11.7. The summed E-state index contributed by atoms with van der Waals surface area (Å²) in [4.78, 5) is 37.9. The van der Waals surface area contributed by atoms with Crippen LogP contribution in [0.3, 0.4) is 0 Å². The van der Waals surface area contributed by atoms with Crippen LogP contribution in [0.1, 0.15) is 33.3 Å². The Balaban J connectivity index is 2.41. The fourth-order valence-corrected chi connectivity index (χ4v) is 3.05. The summed E-state index contributed by atoms with van der Waals surface area (Å²) in [6.07, 6.45) is -0.691. The van der Waals surface area contributed by atoms with Crippen LogP contribution in [0.25, 0.3) is 0 Å². The summed E-state index contributed by atoms with van der Waals surface area (Å²) >= 11 is 0. The number of hydrogen-bond acceptors (Lipinski definition) is 4. The third-order valence-corrected chi connectivity index (χ3v) is 4.69. The monoisotopic (exact) mass is 342 g/mol. The lowest BCUT2D eigenvalue weighted by atomic mass is 9.76. The van der Waals surface area contributed by atoms with Gasteiger partial charge in [0, 0.05) is 5.41 Å². The molecule has 6 nitrogen and oxygen atoms in total. The highest BCUT2D eigenvalue weighted by Crippen LogP contribution is 2.30. The fraction of sp³-hybridized carbons (Fsp3) is 0.500. The van der Waals surface area contributed by atoms with Crippen molar-refractivity contribution in [1.29, 1.82) is 0 Å². The average Bonchev–Trinajstić information content (AvgIpc) is 2.94. The Labute approximate surface area is 149 Å². The molecule has 1 N–H and O–H groups in total. The summed E-state index contributed by atoms with van der Waals surface area (Å²) in [5, 5.41) is 2.52. The van der Waals surface area contributed by atoms with E-state index in [4.69, 9.17) is 12.6 Å².